The Morgan fingerprint density at radius 2 is 1.80 bits per heavy atom. The van der Waals surface area contributed by atoms with E-state index in [1.807, 2.05) is 18.2 Å². The third-order valence-electron chi connectivity index (χ3n) is 2.86. The Balaban J connectivity index is 2.14. The van der Waals surface area contributed by atoms with Crippen LogP contribution in [-0.2, 0) is 22.6 Å². The van der Waals surface area contributed by atoms with Gasteiger partial charge in [-0.05, 0) is 31.5 Å². The molecular weight excluding hydrogens is 252 g/mol. The molecule has 4 heteroatoms. The SMILES string of the molecule is CCCCOCCOCc1cccc(CNCCC)n1. The zero-order valence-electron chi connectivity index (χ0n) is 12.9. The Hall–Kier alpha value is -0.970. The highest BCUT2D eigenvalue weighted by atomic mass is 16.5. The molecular formula is C16H28N2O2. The number of aromatic nitrogens is 1. The van der Waals surface area contributed by atoms with Crippen molar-refractivity contribution in [1.29, 1.82) is 0 Å². The van der Waals surface area contributed by atoms with E-state index >= 15 is 0 Å². The molecule has 4 nitrogen and oxygen atoms in total. The maximum Gasteiger partial charge on any atom is 0.0889 e. The lowest BCUT2D eigenvalue weighted by Gasteiger charge is -2.07. The molecule has 1 aromatic rings. The van der Waals surface area contributed by atoms with Gasteiger partial charge < -0.3 is 14.8 Å². The van der Waals surface area contributed by atoms with Gasteiger partial charge in [0.1, 0.15) is 0 Å². The van der Waals surface area contributed by atoms with Crippen LogP contribution < -0.4 is 5.32 Å². The van der Waals surface area contributed by atoms with Gasteiger partial charge in [0.05, 0.1) is 31.2 Å². The van der Waals surface area contributed by atoms with Crippen LogP contribution in [0.2, 0.25) is 0 Å². The van der Waals surface area contributed by atoms with Gasteiger partial charge in [0.25, 0.3) is 0 Å². The predicted molar refractivity (Wildman–Crippen MR) is 81.6 cm³/mol. The first kappa shape index (κ1) is 17.1. The molecule has 0 spiro atoms. The third kappa shape index (κ3) is 8.25. The number of hydrogen-bond acceptors (Lipinski definition) is 4. The van der Waals surface area contributed by atoms with Crippen molar-refractivity contribution >= 4 is 0 Å². The van der Waals surface area contributed by atoms with Crippen LogP contribution in [0.1, 0.15) is 44.5 Å². The maximum absolute atomic E-state index is 5.57. The summed E-state index contributed by atoms with van der Waals surface area (Å²) in [7, 11) is 0. The van der Waals surface area contributed by atoms with Crippen LogP contribution in [-0.4, -0.2) is 31.3 Å². The third-order valence-corrected chi connectivity index (χ3v) is 2.86. The number of ether oxygens (including phenoxy) is 2. The van der Waals surface area contributed by atoms with Crippen LogP contribution in [0.5, 0.6) is 0 Å². The number of nitrogens with zero attached hydrogens (tertiary/aromatic N) is 1. The molecule has 0 aromatic carbocycles. The van der Waals surface area contributed by atoms with Gasteiger partial charge in [-0.25, -0.2) is 0 Å². The van der Waals surface area contributed by atoms with E-state index in [2.05, 4.69) is 24.1 Å². The molecule has 0 saturated heterocycles. The van der Waals surface area contributed by atoms with Gasteiger partial charge in [-0.3, -0.25) is 4.98 Å². The Bertz CT molecular complexity index is 345. The lowest BCUT2D eigenvalue weighted by Crippen LogP contribution is -2.15. The normalized spacial score (nSPS) is 10.9. The van der Waals surface area contributed by atoms with Crippen LogP contribution in [0.15, 0.2) is 18.2 Å². The number of nitrogens with one attached hydrogen (secondary N) is 1. The summed E-state index contributed by atoms with van der Waals surface area (Å²) in [5.41, 5.74) is 2.05. The first-order chi connectivity index (χ1) is 9.86. The second-order valence-corrected chi connectivity index (χ2v) is 4.82. The van der Waals surface area contributed by atoms with Crippen molar-refractivity contribution in [3.63, 3.8) is 0 Å². The Labute approximate surface area is 122 Å². The molecule has 114 valence electrons. The molecule has 0 atom stereocenters. The number of pyridine rings is 1. The quantitative estimate of drug-likeness (QED) is 0.598. The van der Waals surface area contributed by atoms with Crippen LogP contribution in [0.4, 0.5) is 0 Å². The van der Waals surface area contributed by atoms with Crippen LogP contribution in [0.25, 0.3) is 0 Å². The molecule has 1 N–H and O–H groups in total. The van der Waals surface area contributed by atoms with Gasteiger partial charge in [0.15, 0.2) is 0 Å². The van der Waals surface area contributed by atoms with Gasteiger partial charge in [-0.1, -0.05) is 26.3 Å². The fourth-order valence-electron chi connectivity index (χ4n) is 1.74. The lowest BCUT2D eigenvalue weighted by atomic mass is 10.3. The molecule has 0 aliphatic carbocycles. The van der Waals surface area contributed by atoms with E-state index < -0.39 is 0 Å². The highest BCUT2D eigenvalue weighted by Crippen LogP contribution is 2.01. The molecule has 0 bridgehead atoms. The van der Waals surface area contributed by atoms with Crippen molar-refractivity contribution in [3.8, 4) is 0 Å². The highest BCUT2D eigenvalue weighted by Gasteiger charge is 1.98. The summed E-state index contributed by atoms with van der Waals surface area (Å²) in [6.07, 6.45) is 3.43. The molecule has 20 heavy (non-hydrogen) atoms. The Morgan fingerprint density at radius 1 is 1.00 bits per heavy atom. The van der Waals surface area contributed by atoms with Crippen LogP contribution >= 0.6 is 0 Å². The summed E-state index contributed by atoms with van der Waals surface area (Å²) in [6, 6.07) is 6.08. The molecule has 0 radical (unpaired) electrons. The zero-order chi connectivity index (χ0) is 14.5. The highest BCUT2D eigenvalue weighted by molar-refractivity contribution is 5.10. The van der Waals surface area contributed by atoms with E-state index in [1.165, 1.54) is 6.42 Å². The second-order valence-electron chi connectivity index (χ2n) is 4.82. The molecule has 1 aromatic heterocycles. The Morgan fingerprint density at radius 3 is 2.60 bits per heavy atom. The van der Waals surface area contributed by atoms with Crippen molar-refractivity contribution in [1.82, 2.24) is 10.3 Å². The van der Waals surface area contributed by atoms with E-state index in [0.717, 1.165) is 43.9 Å². The molecule has 0 amide bonds. The summed E-state index contributed by atoms with van der Waals surface area (Å²) in [5.74, 6) is 0. The average Bonchev–Trinajstić information content (AvgIpc) is 2.47. The van der Waals surface area contributed by atoms with Crippen molar-refractivity contribution < 1.29 is 9.47 Å². The first-order valence-electron chi connectivity index (χ1n) is 7.67. The molecule has 0 unspecified atom stereocenters. The van der Waals surface area contributed by atoms with E-state index in [4.69, 9.17) is 9.47 Å². The fraction of sp³-hybridized carbons (Fsp3) is 0.688. The molecule has 0 fully saturated rings. The molecule has 0 aliphatic rings. The smallest absolute Gasteiger partial charge is 0.0889 e. The minimum absolute atomic E-state index is 0.554. The zero-order valence-corrected chi connectivity index (χ0v) is 12.9. The average molecular weight is 280 g/mol. The standard InChI is InChI=1S/C16H28N2O2/c1-3-5-10-19-11-12-20-14-16-8-6-7-15(18-16)13-17-9-4-2/h6-8,17H,3-5,9-14H2,1-2H3. The Kier molecular flexibility index (Phi) is 10.1. The van der Waals surface area contributed by atoms with Crippen LogP contribution in [0.3, 0.4) is 0 Å². The molecule has 1 rings (SSSR count). The van der Waals surface area contributed by atoms with Crippen molar-refractivity contribution in [2.45, 2.75) is 46.3 Å². The monoisotopic (exact) mass is 280 g/mol. The van der Waals surface area contributed by atoms with Gasteiger partial charge in [-0.2, -0.15) is 0 Å². The van der Waals surface area contributed by atoms with Gasteiger partial charge >= 0.3 is 0 Å². The van der Waals surface area contributed by atoms with Crippen molar-refractivity contribution in [2.24, 2.45) is 0 Å². The maximum atomic E-state index is 5.57. The van der Waals surface area contributed by atoms with E-state index in [-0.39, 0.29) is 0 Å². The number of hydrogen-bond donors (Lipinski definition) is 1. The predicted octanol–water partition coefficient (Wildman–Crippen LogP) is 2.91. The fourth-order valence-corrected chi connectivity index (χ4v) is 1.74. The largest absolute Gasteiger partial charge is 0.379 e. The summed E-state index contributed by atoms with van der Waals surface area (Å²) in [6.45, 7) is 8.84. The topological polar surface area (TPSA) is 43.4 Å². The van der Waals surface area contributed by atoms with Gasteiger partial charge in [0, 0.05) is 13.2 Å². The van der Waals surface area contributed by atoms with Crippen molar-refractivity contribution in [3.05, 3.63) is 29.6 Å². The molecule has 1 heterocycles. The van der Waals surface area contributed by atoms with E-state index in [9.17, 15) is 0 Å². The summed E-state index contributed by atoms with van der Waals surface area (Å²) in [4.78, 5) is 4.56. The van der Waals surface area contributed by atoms with E-state index in [0.29, 0.717) is 19.8 Å². The summed E-state index contributed by atoms with van der Waals surface area (Å²) < 4.78 is 11.0. The molecule has 0 aliphatic heterocycles. The second kappa shape index (κ2) is 11.8. The van der Waals surface area contributed by atoms with Crippen molar-refractivity contribution in [2.75, 3.05) is 26.4 Å². The van der Waals surface area contributed by atoms with Crippen LogP contribution in [0, 0.1) is 0 Å². The summed E-state index contributed by atoms with van der Waals surface area (Å²) >= 11 is 0. The summed E-state index contributed by atoms with van der Waals surface area (Å²) in [5, 5.41) is 3.35. The number of rotatable bonds is 12. The number of unbranched alkanes of at least 4 members (excludes halogenated alkanes) is 1. The van der Waals surface area contributed by atoms with Gasteiger partial charge in [0.2, 0.25) is 0 Å². The van der Waals surface area contributed by atoms with Gasteiger partial charge in [-0.15, -0.1) is 0 Å². The minimum atomic E-state index is 0.554. The lowest BCUT2D eigenvalue weighted by molar-refractivity contribution is 0.0385. The van der Waals surface area contributed by atoms with E-state index in [1.54, 1.807) is 0 Å². The molecule has 0 saturated carbocycles. The minimum Gasteiger partial charge on any atom is -0.379 e. The first-order valence-corrected chi connectivity index (χ1v) is 7.67.